The zero-order chi connectivity index (χ0) is 19.1. The van der Waals surface area contributed by atoms with Crippen LogP contribution in [0.5, 0.6) is 0 Å². The number of aromatic nitrogens is 1. The van der Waals surface area contributed by atoms with Crippen molar-refractivity contribution in [2.45, 2.75) is 19.8 Å². The van der Waals surface area contributed by atoms with Gasteiger partial charge in [-0.25, -0.2) is 4.98 Å². The molecule has 1 N–H and O–H groups in total. The molecule has 0 aliphatic carbocycles. The minimum absolute atomic E-state index is 0.0460. The van der Waals surface area contributed by atoms with E-state index in [1.165, 1.54) is 18.3 Å². The number of carbonyl (C=O) groups is 2. The van der Waals surface area contributed by atoms with Crippen molar-refractivity contribution in [1.82, 2.24) is 9.88 Å². The molecule has 0 aliphatic heterocycles. The average Bonchev–Trinajstić information content (AvgIpc) is 3.01. The molecule has 26 heavy (non-hydrogen) atoms. The van der Waals surface area contributed by atoms with Crippen molar-refractivity contribution in [2.24, 2.45) is 0 Å². The summed E-state index contributed by atoms with van der Waals surface area (Å²) in [6.07, 6.45) is 1.01. The summed E-state index contributed by atoms with van der Waals surface area (Å²) in [7, 11) is 4.00. The van der Waals surface area contributed by atoms with Crippen molar-refractivity contribution in [3.05, 3.63) is 40.4 Å². The van der Waals surface area contributed by atoms with E-state index in [0.717, 1.165) is 13.0 Å². The van der Waals surface area contributed by atoms with E-state index in [1.807, 2.05) is 19.5 Å². The Morgan fingerprint density at radius 2 is 1.88 bits per heavy atom. The van der Waals surface area contributed by atoms with Gasteiger partial charge < -0.3 is 10.2 Å². The molecule has 2 amide bonds. The lowest BCUT2D eigenvalue weighted by Crippen LogP contribution is -2.31. The SMILES string of the molecule is CC(=O)N(CCCN(C)C)c1nc(CC(=O)Nc2ccc(Cl)cc2)cs1. The highest BCUT2D eigenvalue weighted by atomic mass is 35.5. The molecule has 0 fully saturated rings. The lowest BCUT2D eigenvalue weighted by Gasteiger charge is -2.19. The summed E-state index contributed by atoms with van der Waals surface area (Å²) in [6, 6.07) is 6.93. The van der Waals surface area contributed by atoms with Gasteiger partial charge in [0.15, 0.2) is 5.13 Å². The van der Waals surface area contributed by atoms with E-state index in [4.69, 9.17) is 11.6 Å². The highest BCUT2D eigenvalue weighted by molar-refractivity contribution is 7.14. The van der Waals surface area contributed by atoms with E-state index in [2.05, 4.69) is 15.2 Å². The summed E-state index contributed by atoms with van der Waals surface area (Å²) in [5, 5.41) is 5.87. The van der Waals surface area contributed by atoms with Gasteiger partial charge in [0, 0.05) is 29.6 Å². The zero-order valence-corrected chi connectivity index (χ0v) is 16.7. The van der Waals surface area contributed by atoms with Gasteiger partial charge >= 0.3 is 0 Å². The fourth-order valence-corrected chi connectivity index (χ4v) is 3.36. The highest BCUT2D eigenvalue weighted by Gasteiger charge is 2.16. The van der Waals surface area contributed by atoms with E-state index in [1.54, 1.807) is 29.2 Å². The van der Waals surface area contributed by atoms with Gasteiger partial charge in [0.25, 0.3) is 0 Å². The maximum Gasteiger partial charge on any atom is 0.230 e. The number of rotatable bonds is 8. The number of hydrogen-bond acceptors (Lipinski definition) is 5. The summed E-state index contributed by atoms with van der Waals surface area (Å²) in [5.41, 5.74) is 1.33. The summed E-state index contributed by atoms with van der Waals surface area (Å²) >= 11 is 7.21. The second-order valence-corrected chi connectivity index (χ2v) is 7.45. The quantitative estimate of drug-likeness (QED) is 0.746. The molecule has 0 radical (unpaired) electrons. The maximum absolute atomic E-state index is 12.2. The number of nitrogens with one attached hydrogen (secondary N) is 1. The van der Waals surface area contributed by atoms with Crippen LogP contribution in [0.25, 0.3) is 0 Å². The van der Waals surface area contributed by atoms with Gasteiger partial charge in [-0.1, -0.05) is 11.6 Å². The van der Waals surface area contributed by atoms with Gasteiger partial charge in [0.2, 0.25) is 11.8 Å². The normalized spacial score (nSPS) is 10.8. The second kappa shape index (κ2) is 9.66. The third kappa shape index (κ3) is 6.40. The summed E-state index contributed by atoms with van der Waals surface area (Å²) in [5.74, 6) is -0.207. The Balaban J connectivity index is 1.95. The molecule has 0 bridgehead atoms. The molecule has 140 valence electrons. The van der Waals surface area contributed by atoms with E-state index in [-0.39, 0.29) is 18.2 Å². The molecule has 1 aromatic heterocycles. The van der Waals surface area contributed by atoms with Gasteiger partial charge in [0.05, 0.1) is 12.1 Å². The van der Waals surface area contributed by atoms with Gasteiger partial charge in [-0.15, -0.1) is 11.3 Å². The van der Waals surface area contributed by atoms with Gasteiger partial charge in [-0.05, 0) is 51.3 Å². The molecule has 0 atom stereocenters. The number of halogens is 1. The van der Waals surface area contributed by atoms with E-state index >= 15 is 0 Å². The van der Waals surface area contributed by atoms with Gasteiger partial charge in [-0.3, -0.25) is 14.5 Å². The standard InChI is InChI=1S/C18H23ClN4O2S/c1-13(24)23(10-4-9-22(2)3)18-21-16(12-26-18)11-17(25)20-15-7-5-14(19)6-8-15/h5-8,12H,4,9-11H2,1-3H3,(H,20,25). The number of anilines is 2. The largest absolute Gasteiger partial charge is 0.326 e. The molecular weight excluding hydrogens is 372 g/mol. The smallest absolute Gasteiger partial charge is 0.230 e. The Hall–Kier alpha value is -1.96. The van der Waals surface area contributed by atoms with Crippen LogP contribution in [0.4, 0.5) is 10.8 Å². The van der Waals surface area contributed by atoms with Crippen LogP contribution in [0.3, 0.4) is 0 Å². The molecule has 0 spiro atoms. The monoisotopic (exact) mass is 394 g/mol. The van der Waals surface area contributed by atoms with Gasteiger partial charge in [0.1, 0.15) is 0 Å². The van der Waals surface area contributed by atoms with Gasteiger partial charge in [-0.2, -0.15) is 0 Å². The van der Waals surface area contributed by atoms with Crippen molar-refractivity contribution < 1.29 is 9.59 Å². The Morgan fingerprint density at radius 3 is 2.50 bits per heavy atom. The van der Waals surface area contributed by atoms with Crippen LogP contribution in [0, 0.1) is 0 Å². The minimum atomic E-state index is -0.161. The maximum atomic E-state index is 12.2. The first-order valence-electron chi connectivity index (χ1n) is 8.28. The van der Waals surface area contributed by atoms with Crippen LogP contribution in [0.1, 0.15) is 19.0 Å². The lowest BCUT2D eigenvalue weighted by atomic mass is 10.3. The second-order valence-electron chi connectivity index (χ2n) is 6.18. The van der Waals surface area contributed by atoms with E-state index in [0.29, 0.717) is 28.1 Å². The Labute approximate surface area is 162 Å². The van der Waals surface area contributed by atoms with Crippen molar-refractivity contribution >= 4 is 45.6 Å². The molecule has 2 aromatic rings. The van der Waals surface area contributed by atoms with Crippen LogP contribution in [0.15, 0.2) is 29.6 Å². The fraction of sp³-hybridized carbons (Fsp3) is 0.389. The van der Waals surface area contributed by atoms with Crippen LogP contribution in [-0.4, -0.2) is 48.9 Å². The number of carbonyl (C=O) groups excluding carboxylic acids is 2. The number of hydrogen-bond donors (Lipinski definition) is 1. The molecule has 6 nitrogen and oxygen atoms in total. The first kappa shape index (κ1) is 20.4. The lowest BCUT2D eigenvalue weighted by molar-refractivity contribution is -0.117. The molecule has 8 heteroatoms. The predicted molar refractivity (Wildman–Crippen MR) is 107 cm³/mol. The van der Waals surface area contributed by atoms with Crippen molar-refractivity contribution in [3.8, 4) is 0 Å². The molecule has 0 saturated carbocycles. The fourth-order valence-electron chi connectivity index (χ4n) is 2.34. The van der Waals surface area contributed by atoms with Crippen molar-refractivity contribution in [2.75, 3.05) is 37.4 Å². The first-order valence-corrected chi connectivity index (χ1v) is 9.53. The van der Waals surface area contributed by atoms with Crippen LogP contribution in [0.2, 0.25) is 5.02 Å². The summed E-state index contributed by atoms with van der Waals surface area (Å²) < 4.78 is 0. The Morgan fingerprint density at radius 1 is 1.19 bits per heavy atom. The average molecular weight is 395 g/mol. The summed E-state index contributed by atoms with van der Waals surface area (Å²) in [6.45, 7) is 3.03. The summed E-state index contributed by atoms with van der Waals surface area (Å²) in [4.78, 5) is 32.3. The molecule has 0 aliphatic rings. The number of amides is 2. The molecule has 1 aromatic carbocycles. The Kier molecular flexibility index (Phi) is 7.56. The molecule has 0 unspecified atom stereocenters. The number of nitrogens with zero attached hydrogens (tertiary/aromatic N) is 3. The van der Waals surface area contributed by atoms with Crippen LogP contribution >= 0.6 is 22.9 Å². The first-order chi connectivity index (χ1) is 12.3. The number of benzene rings is 1. The van der Waals surface area contributed by atoms with Crippen molar-refractivity contribution in [3.63, 3.8) is 0 Å². The number of thiazole rings is 1. The predicted octanol–water partition coefficient (Wildman–Crippen LogP) is 3.28. The van der Waals surface area contributed by atoms with Crippen molar-refractivity contribution in [1.29, 1.82) is 0 Å². The molecule has 2 rings (SSSR count). The molecule has 0 saturated heterocycles. The third-order valence-corrected chi connectivity index (χ3v) is 4.77. The zero-order valence-electron chi connectivity index (χ0n) is 15.2. The van der Waals surface area contributed by atoms with Crippen LogP contribution < -0.4 is 10.2 Å². The highest BCUT2D eigenvalue weighted by Crippen LogP contribution is 2.22. The van der Waals surface area contributed by atoms with E-state index < -0.39 is 0 Å². The third-order valence-electron chi connectivity index (χ3n) is 3.61. The molecule has 1 heterocycles. The molecular formula is C18H23ClN4O2S. The minimum Gasteiger partial charge on any atom is -0.326 e. The Bertz CT molecular complexity index is 746. The van der Waals surface area contributed by atoms with Crippen LogP contribution in [-0.2, 0) is 16.0 Å². The van der Waals surface area contributed by atoms with E-state index in [9.17, 15) is 9.59 Å². The topological polar surface area (TPSA) is 65.5 Å².